The van der Waals surface area contributed by atoms with E-state index in [1.165, 1.54) is 7.11 Å². The molecule has 0 spiro atoms. The Morgan fingerprint density at radius 1 is 1.08 bits per heavy atom. The number of aryl methyl sites for hydroxylation is 1. The first-order chi connectivity index (χ1) is 12.1. The fourth-order valence-corrected chi connectivity index (χ4v) is 2.29. The lowest BCUT2D eigenvalue weighted by molar-refractivity contribution is -0.213. The number of rotatable bonds is 8. The van der Waals surface area contributed by atoms with Gasteiger partial charge >= 0.3 is 5.97 Å². The van der Waals surface area contributed by atoms with E-state index in [1.807, 2.05) is 38.1 Å². The number of methoxy groups -OCH3 is 2. The molecular formula is C20H24O5. The van der Waals surface area contributed by atoms with E-state index in [2.05, 4.69) is 0 Å². The second-order valence-corrected chi connectivity index (χ2v) is 5.59. The third kappa shape index (κ3) is 5.31. The number of hydrogen-bond acceptors (Lipinski definition) is 5. The van der Waals surface area contributed by atoms with Crippen LogP contribution in [0.15, 0.2) is 48.5 Å². The minimum absolute atomic E-state index is 0.393. The Labute approximate surface area is 148 Å². The lowest BCUT2D eigenvalue weighted by Gasteiger charge is -2.24. The quantitative estimate of drug-likeness (QED) is 0.529. The Hall–Kier alpha value is -2.37. The van der Waals surface area contributed by atoms with E-state index >= 15 is 0 Å². The van der Waals surface area contributed by atoms with Crippen LogP contribution in [0.5, 0.6) is 5.75 Å². The third-order valence-corrected chi connectivity index (χ3v) is 3.72. The van der Waals surface area contributed by atoms with Crippen molar-refractivity contribution in [1.82, 2.24) is 0 Å². The molecule has 2 atom stereocenters. The molecule has 0 aliphatic rings. The van der Waals surface area contributed by atoms with Crippen LogP contribution in [0, 0.1) is 6.92 Å². The number of hydrogen-bond donors (Lipinski definition) is 0. The SMILES string of the molecule is CCC(OC)OC(Oc1cccc(C(=O)OC)c1)c1ccc(C)cc1. The molecule has 2 aromatic carbocycles. The van der Waals surface area contributed by atoms with Crippen LogP contribution in [-0.4, -0.2) is 26.5 Å². The number of esters is 1. The van der Waals surface area contributed by atoms with Gasteiger partial charge in [0.25, 0.3) is 0 Å². The summed E-state index contributed by atoms with van der Waals surface area (Å²) in [6.07, 6.45) is -0.363. The van der Waals surface area contributed by atoms with Crippen molar-refractivity contribution in [3.63, 3.8) is 0 Å². The Kier molecular flexibility index (Phi) is 6.98. The maximum atomic E-state index is 11.7. The maximum Gasteiger partial charge on any atom is 0.337 e. The van der Waals surface area contributed by atoms with Gasteiger partial charge in [0.2, 0.25) is 6.29 Å². The molecule has 0 heterocycles. The Balaban J connectivity index is 2.26. The summed E-state index contributed by atoms with van der Waals surface area (Å²) in [7, 11) is 2.94. The van der Waals surface area contributed by atoms with Gasteiger partial charge in [0.05, 0.1) is 12.7 Å². The van der Waals surface area contributed by atoms with Crippen molar-refractivity contribution in [2.45, 2.75) is 32.8 Å². The van der Waals surface area contributed by atoms with Crippen molar-refractivity contribution >= 4 is 5.97 Å². The van der Waals surface area contributed by atoms with Gasteiger partial charge in [0, 0.05) is 12.7 Å². The zero-order valence-electron chi connectivity index (χ0n) is 15.0. The van der Waals surface area contributed by atoms with E-state index in [-0.39, 0.29) is 0 Å². The van der Waals surface area contributed by atoms with E-state index in [0.29, 0.717) is 17.7 Å². The Morgan fingerprint density at radius 3 is 2.40 bits per heavy atom. The average Bonchev–Trinajstić information content (AvgIpc) is 2.65. The van der Waals surface area contributed by atoms with Crippen LogP contribution in [0.25, 0.3) is 0 Å². The van der Waals surface area contributed by atoms with Crippen LogP contribution in [0.1, 0.15) is 41.1 Å². The van der Waals surface area contributed by atoms with Gasteiger partial charge in [-0.1, -0.05) is 42.8 Å². The summed E-state index contributed by atoms with van der Waals surface area (Å²) >= 11 is 0. The molecule has 2 unspecified atom stereocenters. The highest BCUT2D eigenvalue weighted by Crippen LogP contribution is 2.26. The van der Waals surface area contributed by atoms with Crippen molar-refractivity contribution in [1.29, 1.82) is 0 Å². The second-order valence-electron chi connectivity index (χ2n) is 5.59. The molecule has 0 bridgehead atoms. The Bertz CT molecular complexity index is 677. The highest BCUT2D eigenvalue weighted by Gasteiger charge is 2.19. The van der Waals surface area contributed by atoms with E-state index in [1.54, 1.807) is 31.4 Å². The van der Waals surface area contributed by atoms with Crippen molar-refractivity contribution in [2.75, 3.05) is 14.2 Å². The summed E-state index contributed by atoms with van der Waals surface area (Å²) in [5.41, 5.74) is 2.43. The van der Waals surface area contributed by atoms with E-state index < -0.39 is 18.5 Å². The van der Waals surface area contributed by atoms with Crippen LogP contribution in [-0.2, 0) is 14.2 Å². The van der Waals surface area contributed by atoms with Crippen molar-refractivity contribution in [3.8, 4) is 5.75 Å². The molecule has 2 aromatic rings. The number of ether oxygens (including phenoxy) is 4. The zero-order valence-corrected chi connectivity index (χ0v) is 15.0. The lowest BCUT2D eigenvalue weighted by Crippen LogP contribution is -2.22. The molecule has 0 aliphatic carbocycles. The standard InChI is InChI=1S/C20H24O5/c1-5-18(22-3)25-20(15-11-9-14(2)10-12-15)24-17-8-6-7-16(13-17)19(21)23-4/h6-13,18,20H,5H2,1-4H3. The highest BCUT2D eigenvalue weighted by molar-refractivity contribution is 5.89. The molecular weight excluding hydrogens is 320 g/mol. The third-order valence-electron chi connectivity index (χ3n) is 3.72. The van der Waals surface area contributed by atoms with Gasteiger partial charge in [-0.15, -0.1) is 0 Å². The van der Waals surface area contributed by atoms with Gasteiger partial charge in [-0.05, 0) is 31.5 Å². The molecule has 0 saturated heterocycles. The van der Waals surface area contributed by atoms with Crippen LogP contribution in [0.2, 0.25) is 0 Å². The first-order valence-electron chi connectivity index (χ1n) is 8.17. The monoisotopic (exact) mass is 344 g/mol. The topological polar surface area (TPSA) is 54.0 Å². The normalized spacial score (nSPS) is 13.1. The largest absolute Gasteiger partial charge is 0.465 e. The fourth-order valence-electron chi connectivity index (χ4n) is 2.29. The molecule has 0 fully saturated rings. The number of benzene rings is 2. The fraction of sp³-hybridized carbons (Fsp3) is 0.350. The van der Waals surface area contributed by atoms with Gasteiger partial charge < -0.3 is 18.9 Å². The molecule has 2 rings (SSSR count). The summed E-state index contributed by atoms with van der Waals surface area (Å²) < 4.78 is 22.0. The smallest absolute Gasteiger partial charge is 0.337 e. The van der Waals surface area contributed by atoms with Crippen LogP contribution in [0.3, 0.4) is 0 Å². The van der Waals surface area contributed by atoms with Gasteiger partial charge in [-0.25, -0.2) is 4.79 Å². The second kappa shape index (κ2) is 9.20. The first-order valence-corrected chi connectivity index (χ1v) is 8.17. The van der Waals surface area contributed by atoms with Crippen molar-refractivity contribution in [2.24, 2.45) is 0 Å². The summed E-state index contributed by atoms with van der Waals surface area (Å²) in [4.78, 5) is 11.7. The maximum absolute atomic E-state index is 11.7. The predicted octanol–water partition coefficient (Wildman–Crippen LogP) is 4.26. The summed E-state index contributed by atoms with van der Waals surface area (Å²) in [6.45, 7) is 3.99. The van der Waals surface area contributed by atoms with Crippen LogP contribution in [0.4, 0.5) is 0 Å². The predicted molar refractivity (Wildman–Crippen MR) is 94.5 cm³/mol. The summed E-state index contributed by atoms with van der Waals surface area (Å²) in [5.74, 6) is 0.0982. The molecule has 0 amide bonds. The van der Waals surface area contributed by atoms with Gasteiger partial charge in [0.15, 0.2) is 6.29 Å². The van der Waals surface area contributed by atoms with Crippen LogP contribution >= 0.6 is 0 Å². The molecule has 0 radical (unpaired) electrons. The van der Waals surface area contributed by atoms with Crippen molar-refractivity contribution in [3.05, 3.63) is 65.2 Å². The van der Waals surface area contributed by atoms with E-state index in [0.717, 1.165) is 11.1 Å². The summed E-state index contributed by atoms with van der Waals surface area (Å²) in [6, 6.07) is 14.7. The number of carbonyl (C=O) groups is 1. The molecule has 134 valence electrons. The highest BCUT2D eigenvalue weighted by atomic mass is 16.8. The molecule has 0 N–H and O–H groups in total. The van der Waals surface area contributed by atoms with Crippen LogP contribution < -0.4 is 4.74 Å². The summed E-state index contributed by atoms with van der Waals surface area (Å²) in [5, 5.41) is 0. The number of carbonyl (C=O) groups excluding carboxylic acids is 1. The molecule has 5 nitrogen and oxygen atoms in total. The van der Waals surface area contributed by atoms with Crippen molar-refractivity contribution < 1.29 is 23.7 Å². The minimum atomic E-state index is -0.654. The van der Waals surface area contributed by atoms with Gasteiger partial charge in [-0.2, -0.15) is 0 Å². The molecule has 0 aliphatic heterocycles. The molecule has 5 heteroatoms. The first kappa shape index (κ1) is 19.0. The van der Waals surface area contributed by atoms with Gasteiger partial charge in [-0.3, -0.25) is 0 Å². The average molecular weight is 344 g/mol. The Morgan fingerprint density at radius 2 is 1.80 bits per heavy atom. The molecule has 0 saturated carbocycles. The minimum Gasteiger partial charge on any atom is -0.465 e. The van der Waals surface area contributed by atoms with E-state index in [9.17, 15) is 4.79 Å². The van der Waals surface area contributed by atoms with E-state index in [4.69, 9.17) is 18.9 Å². The molecule has 0 aromatic heterocycles. The molecule has 25 heavy (non-hydrogen) atoms. The van der Waals surface area contributed by atoms with Gasteiger partial charge in [0.1, 0.15) is 5.75 Å². The zero-order chi connectivity index (χ0) is 18.2. The lowest BCUT2D eigenvalue weighted by atomic mass is 10.1.